The van der Waals surface area contributed by atoms with E-state index in [0.717, 1.165) is 5.56 Å². The normalized spacial score (nSPS) is 14.5. The first-order valence-corrected chi connectivity index (χ1v) is 12.7. The third-order valence-corrected chi connectivity index (χ3v) is 6.49. The fourth-order valence-corrected chi connectivity index (χ4v) is 5.01. The van der Waals surface area contributed by atoms with Gasteiger partial charge in [0.1, 0.15) is 4.32 Å². The van der Waals surface area contributed by atoms with Gasteiger partial charge in [-0.15, -0.1) is 0 Å². The molecule has 3 rings (SSSR count). The van der Waals surface area contributed by atoms with E-state index in [9.17, 15) is 9.59 Å². The minimum atomic E-state index is -0.382. The number of thiocarbonyl (C=S) groups is 1. The predicted octanol–water partition coefficient (Wildman–Crippen LogP) is 5.65. The number of nitrogens with zero attached hydrogens (tertiary/aromatic N) is 1. The van der Waals surface area contributed by atoms with Crippen molar-refractivity contribution in [2.75, 3.05) is 38.8 Å². The van der Waals surface area contributed by atoms with Crippen molar-refractivity contribution in [2.45, 2.75) is 13.3 Å². The first-order chi connectivity index (χ1) is 16.8. The number of amides is 2. The van der Waals surface area contributed by atoms with Crippen LogP contribution in [-0.4, -0.2) is 54.5 Å². The topological polar surface area (TPSA) is 77.1 Å². The first-order valence-electron chi connectivity index (χ1n) is 10.7. The van der Waals surface area contributed by atoms with Gasteiger partial charge in [0.15, 0.2) is 18.1 Å². The summed E-state index contributed by atoms with van der Waals surface area (Å²) in [5.74, 6) is 0.338. The standard InChI is InChI=1S/C24H24Cl2N2O5S2/c1-3-32-20-9-15(10-21-23(30)28(24(34)35-21)7-4-8-31-2)5-6-19(20)33-14-22(29)27-18-12-16(25)11-17(26)13-18/h5-6,9-13H,3-4,7-8,14H2,1-2H3,(H,27,29)/b21-10-. The molecule has 2 aromatic rings. The molecule has 1 aliphatic heterocycles. The van der Waals surface area contributed by atoms with Crippen molar-refractivity contribution >= 4 is 75.1 Å². The third-order valence-electron chi connectivity index (χ3n) is 4.67. The van der Waals surface area contributed by atoms with Crippen molar-refractivity contribution in [1.82, 2.24) is 4.90 Å². The van der Waals surface area contributed by atoms with Crippen molar-refractivity contribution in [2.24, 2.45) is 0 Å². The van der Waals surface area contributed by atoms with Gasteiger partial charge in [-0.25, -0.2) is 0 Å². The molecule has 1 saturated heterocycles. The van der Waals surface area contributed by atoms with Gasteiger partial charge >= 0.3 is 0 Å². The minimum absolute atomic E-state index is 0.132. The van der Waals surface area contributed by atoms with Crippen molar-refractivity contribution in [3.8, 4) is 11.5 Å². The molecule has 0 bridgehead atoms. The molecule has 186 valence electrons. The van der Waals surface area contributed by atoms with Gasteiger partial charge in [0.05, 0.1) is 11.5 Å². The van der Waals surface area contributed by atoms with E-state index in [2.05, 4.69) is 5.32 Å². The van der Waals surface area contributed by atoms with E-state index in [1.807, 2.05) is 6.92 Å². The molecule has 2 amide bonds. The summed E-state index contributed by atoms with van der Waals surface area (Å²) in [7, 11) is 1.62. The summed E-state index contributed by atoms with van der Waals surface area (Å²) in [5, 5.41) is 3.51. The number of carbonyl (C=O) groups is 2. The molecule has 0 radical (unpaired) electrons. The summed E-state index contributed by atoms with van der Waals surface area (Å²) < 4.78 is 17.0. The number of benzene rings is 2. The van der Waals surface area contributed by atoms with Crippen molar-refractivity contribution in [3.63, 3.8) is 0 Å². The summed E-state index contributed by atoms with van der Waals surface area (Å²) in [6.45, 7) is 3.06. The van der Waals surface area contributed by atoms with Crippen LogP contribution in [0, 0.1) is 0 Å². The molecule has 1 fully saturated rings. The summed E-state index contributed by atoms with van der Waals surface area (Å²) in [6.07, 6.45) is 2.46. The zero-order valence-electron chi connectivity index (χ0n) is 19.1. The van der Waals surface area contributed by atoms with E-state index >= 15 is 0 Å². The van der Waals surface area contributed by atoms with Crippen LogP contribution >= 0.6 is 47.2 Å². The average Bonchev–Trinajstić information content (AvgIpc) is 3.05. The SMILES string of the molecule is CCOc1cc(/C=C2\SC(=S)N(CCCOC)C2=O)ccc1OCC(=O)Nc1cc(Cl)cc(Cl)c1. The highest BCUT2D eigenvalue weighted by Crippen LogP contribution is 2.35. The lowest BCUT2D eigenvalue weighted by Crippen LogP contribution is -2.29. The van der Waals surface area contributed by atoms with Crippen LogP contribution in [0.4, 0.5) is 5.69 Å². The van der Waals surface area contributed by atoms with E-state index in [1.165, 1.54) is 11.8 Å². The number of ether oxygens (including phenoxy) is 3. The summed E-state index contributed by atoms with van der Waals surface area (Å²) in [5.41, 5.74) is 1.22. The van der Waals surface area contributed by atoms with Crippen LogP contribution in [0.5, 0.6) is 11.5 Å². The Labute approximate surface area is 223 Å². The second-order valence-corrected chi connectivity index (χ2v) is 9.86. The second-order valence-electron chi connectivity index (χ2n) is 7.31. The van der Waals surface area contributed by atoms with E-state index in [1.54, 1.807) is 54.5 Å². The maximum Gasteiger partial charge on any atom is 0.266 e. The Morgan fingerprint density at radius 1 is 1.14 bits per heavy atom. The van der Waals surface area contributed by atoms with Gasteiger partial charge < -0.3 is 19.5 Å². The average molecular weight is 556 g/mol. The van der Waals surface area contributed by atoms with Crippen LogP contribution in [-0.2, 0) is 14.3 Å². The number of nitrogens with one attached hydrogen (secondary N) is 1. The van der Waals surface area contributed by atoms with E-state index in [4.69, 9.17) is 49.6 Å². The maximum absolute atomic E-state index is 12.8. The fraction of sp³-hybridized carbons (Fsp3) is 0.292. The van der Waals surface area contributed by atoms with Crippen LogP contribution in [0.15, 0.2) is 41.3 Å². The minimum Gasteiger partial charge on any atom is -0.490 e. The number of hydrogen-bond acceptors (Lipinski definition) is 7. The molecule has 0 spiro atoms. The lowest BCUT2D eigenvalue weighted by Gasteiger charge is -2.14. The number of hydrogen-bond donors (Lipinski definition) is 1. The van der Waals surface area contributed by atoms with Gasteiger partial charge in [0, 0.05) is 36.0 Å². The van der Waals surface area contributed by atoms with Crippen LogP contribution in [0.1, 0.15) is 18.9 Å². The molecule has 35 heavy (non-hydrogen) atoms. The number of thioether (sulfide) groups is 1. The van der Waals surface area contributed by atoms with Gasteiger partial charge in [0.25, 0.3) is 11.8 Å². The van der Waals surface area contributed by atoms with Gasteiger partial charge in [-0.2, -0.15) is 0 Å². The monoisotopic (exact) mass is 554 g/mol. The molecule has 1 heterocycles. The quantitative estimate of drug-likeness (QED) is 0.218. The number of rotatable bonds is 11. The molecule has 0 aliphatic carbocycles. The van der Waals surface area contributed by atoms with Crippen LogP contribution < -0.4 is 14.8 Å². The Balaban J connectivity index is 1.67. The summed E-state index contributed by atoms with van der Waals surface area (Å²) in [4.78, 5) is 27.2. The van der Waals surface area contributed by atoms with Gasteiger partial charge in [-0.3, -0.25) is 14.5 Å². The first kappa shape index (κ1) is 27.3. The Bertz CT molecular complexity index is 1120. The molecule has 7 nitrogen and oxygen atoms in total. The fourth-order valence-electron chi connectivity index (χ4n) is 3.18. The molecule has 11 heteroatoms. The maximum atomic E-state index is 12.8. The molecule has 0 aromatic heterocycles. The molecule has 0 atom stereocenters. The molecule has 2 aromatic carbocycles. The lowest BCUT2D eigenvalue weighted by atomic mass is 10.2. The Morgan fingerprint density at radius 2 is 1.89 bits per heavy atom. The van der Waals surface area contributed by atoms with Gasteiger partial charge in [-0.1, -0.05) is 53.2 Å². The largest absolute Gasteiger partial charge is 0.490 e. The zero-order valence-corrected chi connectivity index (χ0v) is 22.3. The highest BCUT2D eigenvalue weighted by molar-refractivity contribution is 8.26. The number of halogens is 2. The lowest BCUT2D eigenvalue weighted by molar-refractivity contribution is -0.122. The molecule has 1 aliphatic rings. The molecular weight excluding hydrogens is 531 g/mol. The summed E-state index contributed by atoms with van der Waals surface area (Å²) >= 11 is 18.5. The second kappa shape index (κ2) is 13.1. The molecular formula is C24H24Cl2N2O5S2. The summed E-state index contributed by atoms with van der Waals surface area (Å²) in [6, 6.07) is 9.98. The van der Waals surface area contributed by atoms with Gasteiger partial charge in [-0.05, 0) is 55.3 Å². The Hall–Kier alpha value is -2.30. The van der Waals surface area contributed by atoms with Crippen LogP contribution in [0.2, 0.25) is 10.0 Å². The number of methoxy groups -OCH3 is 1. The van der Waals surface area contributed by atoms with Crippen molar-refractivity contribution in [1.29, 1.82) is 0 Å². The number of anilines is 1. The highest BCUT2D eigenvalue weighted by Gasteiger charge is 2.31. The Kier molecular flexibility index (Phi) is 10.2. The molecule has 0 unspecified atom stereocenters. The zero-order chi connectivity index (χ0) is 25.4. The molecule has 0 saturated carbocycles. The smallest absolute Gasteiger partial charge is 0.266 e. The van der Waals surface area contributed by atoms with Gasteiger partial charge in [0.2, 0.25) is 0 Å². The Morgan fingerprint density at radius 3 is 2.57 bits per heavy atom. The van der Waals surface area contributed by atoms with Crippen LogP contribution in [0.25, 0.3) is 6.08 Å². The van der Waals surface area contributed by atoms with Crippen molar-refractivity contribution in [3.05, 3.63) is 56.9 Å². The van der Waals surface area contributed by atoms with Crippen molar-refractivity contribution < 1.29 is 23.8 Å². The number of carbonyl (C=O) groups excluding carboxylic acids is 2. The van der Waals surface area contributed by atoms with E-state index in [-0.39, 0.29) is 18.4 Å². The molecule has 1 N–H and O–H groups in total. The third kappa shape index (κ3) is 7.85. The van der Waals surface area contributed by atoms with Crippen LogP contribution in [0.3, 0.4) is 0 Å². The predicted molar refractivity (Wildman–Crippen MR) is 145 cm³/mol. The highest BCUT2D eigenvalue weighted by atomic mass is 35.5. The van der Waals surface area contributed by atoms with E-state index < -0.39 is 0 Å². The van der Waals surface area contributed by atoms with E-state index in [0.29, 0.717) is 62.6 Å².